The largest absolute Gasteiger partial charge is 0.494 e. The van der Waals surface area contributed by atoms with Gasteiger partial charge in [0.1, 0.15) is 5.75 Å². The van der Waals surface area contributed by atoms with Gasteiger partial charge in [0.05, 0.1) is 25.4 Å². The third kappa shape index (κ3) is 7.93. The Morgan fingerprint density at radius 2 is 1.81 bits per heavy atom. The van der Waals surface area contributed by atoms with Crippen LogP contribution in [0, 0.1) is 5.92 Å². The Balaban J connectivity index is 2.24. The van der Waals surface area contributed by atoms with Crippen molar-refractivity contribution >= 4 is 5.69 Å². The topological polar surface area (TPSA) is 50.7 Å². The van der Waals surface area contributed by atoms with E-state index in [1.165, 1.54) is 0 Å². The highest BCUT2D eigenvalue weighted by molar-refractivity contribution is 5.46. The van der Waals surface area contributed by atoms with Crippen molar-refractivity contribution in [1.29, 1.82) is 0 Å². The maximum absolute atomic E-state index is 9.92. The second kappa shape index (κ2) is 9.64. The van der Waals surface area contributed by atoms with Crippen LogP contribution in [0.3, 0.4) is 0 Å². The van der Waals surface area contributed by atoms with E-state index in [9.17, 15) is 5.11 Å². The molecule has 0 radical (unpaired) electrons. The van der Waals surface area contributed by atoms with Crippen LogP contribution in [0.15, 0.2) is 24.3 Å². The monoisotopic (exact) mass is 295 g/mol. The number of ether oxygens (including phenoxy) is 2. The first kappa shape index (κ1) is 17.8. The SMILES string of the molecule is CCOc1ccc(NCC(O)COC(C)CC(C)C)cc1. The molecule has 0 aliphatic carbocycles. The number of hydrogen-bond acceptors (Lipinski definition) is 4. The van der Waals surface area contributed by atoms with Gasteiger partial charge < -0.3 is 19.9 Å². The summed E-state index contributed by atoms with van der Waals surface area (Å²) in [5.74, 6) is 1.47. The molecule has 1 rings (SSSR count). The van der Waals surface area contributed by atoms with Gasteiger partial charge in [-0.1, -0.05) is 13.8 Å². The van der Waals surface area contributed by atoms with Crippen LogP contribution in [0.2, 0.25) is 0 Å². The van der Waals surface area contributed by atoms with Crippen molar-refractivity contribution in [2.45, 2.75) is 46.3 Å². The van der Waals surface area contributed by atoms with Crippen molar-refractivity contribution in [2.75, 3.05) is 25.1 Å². The zero-order valence-corrected chi connectivity index (χ0v) is 13.6. The molecule has 0 aliphatic heterocycles. The van der Waals surface area contributed by atoms with Crippen molar-refractivity contribution in [1.82, 2.24) is 0 Å². The van der Waals surface area contributed by atoms with Gasteiger partial charge in [0.15, 0.2) is 0 Å². The fourth-order valence-corrected chi connectivity index (χ4v) is 2.14. The first-order chi connectivity index (χ1) is 10.0. The second-order valence-electron chi connectivity index (χ2n) is 5.77. The summed E-state index contributed by atoms with van der Waals surface area (Å²) in [5, 5.41) is 13.1. The van der Waals surface area contributed by atoms with E-state index in [4.69, 9.17) is 9.47 Å². The Kier molecular flexibility index (Phi) is 8.16. The van der Waals surface area contributed by atoms with Crippen LogP contribution in [0.1, 0.15) is 34.1 Å². The number of aliphatic hydroxyl groups excluding tert-OH is 1. The molecule has 120 valence electrons. The molecule has 4 nitrogen and oxygen atoms in total. The molecular formula is C17H29NO3. The highest BCUT2D eigenvalue weighted by atomic mass is 16.5. The number of benzene rings is 1. The minimum atomic E-state index is -0.508. The zero-order chi connectivity index (χ0) is 15.7. The van der Waals surface area contributed by atoms with Gasteiger partial charge in [-0.25, -0.2) is 0 Å². The van der Waals surface area contributed by atoms with Gasteiger partial charge in [-0.2, -0.15) is 0 Å². The predicted octanol–water partition coefficient (Wildman–Crippen LogP) is 3.31. The number of anilines is 1. The molecule has 0 amide bonds. The Morgan fingerprint density at radius 1 is 1.14 bits per heavy atom. The molecule has 4 heteroatoms. The molecule has 2 atom stereocenters. The molecule has 0 saturated carbocycles. The molecule has 0 aliphatic rings. The Hall–Kier alpha value is -1.26. The molecule has 1 aromatic rings. The minimum absolute atomic E-state index is 0.185. The lowest BCUT2D eigenvalue weighted by atomic mass is 10.1. The van der Waals surface area contributed by atoms with E-state index in [1.54, 1.807) is 0 Å². The van der Waals surface area contributed by atoms with Gasteiger partial charge in [-0.05, 0) is 50.5 Å². The minimum Gasteiger partial charge on any atom is -0.494 e. The smallest absolute Gasteiger partial charge is 0.119 e. The third-order valence-corrected chi connectivity index (χ3v) is 3.08. The molecule has 0 bridgehead atoms. The number of hydrogen-bond donors (Lipinski definition) is 2. The Morgan fingerprint density at radius 3 is 2.38 bits per heavy atom. The average Bonchev–Trinajstić information content (AvgIpc) is 2.44. The van der Waals surface area contributed by atoms with E-state index < -0.39 is 6.10 Å². The van der Waals surface area contributed by atoms with E-state index in [0.717, 1.165) is 17.9 Å². The molecule has 0 spiro atoms. The van der Waals surface area contributed by atoms with E-state index in [2.05, 4.69) is 19.2 Å². The number of rotatable bonds is 10. The lowest BCUT2D eigenvalue weighted by molar-refractivity contribution is -0.00443. The summed E-state index contributed by atoms with van der Waals surface area (Å²) in [5.41, 5.74) is 0.965. The molecule has 0 heterocycles. The van der Waals surface area contributed by atoms with Gasteiger partial charge in [0.25, 0.3) is 0 Å². The summed E-state index contributed by atoms with van der Waals surface area (Å²) in [7, 11) is 0. The molecule has 0 aromatic heterocycles. The van der Waals surface area contributed by atoms with Crippen LogP contribution < -0.4 is 10.1 Å². The van der Waals surface area contributed by atoms with Crippen LogP contribution in [0.4, 0.5) is 5.69 Å². The van der Waals surface area contributed by atoms with Crippen molar-refractivity contribution in [3.63, 3.8) is 0 Å². The summed E-state index contributed by atoms with van der Waals surface area (Å²) in [6.07, 6.45) is 0.690. The first-order valence-corrected chi connectivity index (χ1v) is 7.77. The average molecular weight is 295 g/mol. The van der Waals surface area contributed by atoms with Crippen LogP contribution in [-0.2, 0) is 4.74 Å². The molecule has 0 fully saturated rings. The van der Waals surface area contributed by atoms with E-state index >= 15 is 0 Å². The number of aliphatic hydroxyl groups is 1. The van der Waals surface area contributed by atoms with E-state index in [0.29, 0.717) is 25.7 Å². The fourth-order valence-electron chi connectivity index (χ4n) is 2.14. The Bertz CT molecular complexity index is 378. The van der Waals surface area contributed by atoms with Gasteiger partial charge in [-0.3, -0.25) is 0 Å². The van der Waals surface area contributed by atoms with E-state index in [-0.39, 0.29) is 6.10 Å². The third-order valence-electron chi connectivity index (χ3n) is 3.08. The summed E-state index contributed by atoms with van der Waals surface area (Å²) in [6.45, 7) is 9.85. The van der Waals surface area contributed by atoms with Gasteiger partial charge >= 0.3 is 0 Å². The van der Waals surface area contributed by atoms with Gasteiger partial charge in [0.2, 0.25) is 0 Å². The first-order valence-electron chi connectivity index (χ1n) is 7.77. The standard InChI is InChI=1S/C17H29NO3/c1-5-20-17-8-6-15(7-9-17)18-11-16(19)12-21-14(4)10-13(2)3/h6-9,13-14,16,18-19H,5,10-12H2,1-4H3. The predicted molar refractivity (Wildman–Crippen MR) is 87.0 cm³/mol. The zero-order valence-electron chi connectivity index (χ0n) is 13.6. The molecule has 21 heavy (non-hydrogen) atoms. The fraction of sp³-hybridized carbons (Fsp3) is 0.647. The molecule has 2 unspecified atom stereocenters. The van der Waals surface area contributed by atoms with Crippen LogP contribution >= 0.6 is 0 Å². The second-order valence-corrected chi connectivity index (χ2v) is 5.77. The Labute approximate surface area is 128 Å². The summed E-state index contributed by atoms with van der Waals surface area (Å²) in [4.78, 5) is 0. The molecule has 1 aromatic carbocycles. The van der Waals surface area contributed by atoms with Crippen molar-refractivity contribution in [3.8, 4) is 5.75 Å². The van der Waals surface area contributed by atoms with Gasteiger partial charge in [0, 0.05) is 12.2 Å². The summed E-state index contributed by atoms with van der Waals surface area (Å²) in [6, 6.07) is 7.72. The summed E-state index contributed by atoms with van der Waals surface area (Å²) < 4.78 is 11.0. The quantitative estimate of drug-likeness (QED) is 0.695. The lowest BCUT2D eigenvalue weighted by Gasteiger charge is -2.18. The lowest BCUT2D eigenvalue weighted by Crippen LogP contribution is -2.27. The molecule has 0 saturated heterocycles. The van der Waals surface area contributed by atoms with Crippen LogP contribution in [0.5, 0.6) is 5.75 Å². The van der Waals surface area contributed by atoms with Crippen molar-refractivity contribution in [3.05, 3.63) is 24.3 Å². The van der Waals surface area contributed by atoms with Crippen molar-refractivity contribution < 1.29 is 14.6 Å². The van der Waals surface area contributed by atoms with E-state index in [1.807, 2.05) is 38.1 Å². The van der Waals surface area contributed by atoms with Crippen LogP contribution in [-0.4, -0.2) is 37.1 Å². The maximum atomic E-state index is 9.92. The number of nitrogens with one attached hydrogen (secondary N) is 1. The maximum Gasteiger partial charge on any atom is 0.119 e. The highest BCUT2D eigenvalue weighted by Crippen LogP contribution is 2.15. The van der Waals surface area contributed by atoms with Gasteiger partial charge in [-0.15, -0.1) is 0 Å². The normalized spacial score (nSPS) is 14.0. The van der Waals surface area contributed by atoms with Crippen LogP contribution in [0.25, 0.3) is 0 Å². The summed E-state index contributed by atoms with van der Waals surface area (Å²) >= 11 is 0. The molecular weight excluding hydrogens is 266 g/mol. The molecule has 2 N–H and O–H groups in total. The van der Waals surface area contributed by atoms with Crippen molar-refractivity contribution in [2.24, 2.45) is 5.92 Å². The highest BCUT2D eigenvalue weighted by Gasteiger charge is 2.09.